The number of hydrogen-bond donors (Lipinski definition) is 1. The lowest BCUT2D eigenvalue weighted by atomic mass is 10.0. The molecule has 0 aliphatic heterocycles. The van der Waals surface area contributed by atoms with E-state index in [0.29, 0.717) is 23.0 Å². The Balaban J connectivity index is 1.81. The van der Waals surface area contributed by atoms with Crippen LogP contribution in [0.1, 0.15) is 30.5 Å². The van der Waals surface area contributed by atoms with Crippen LogP contribution in [0, 0.1) is 12.8 Å². The highest BCUT2D eigenvalue weighted by molar-refractivity contribution is 7.92. The molecule has 1 atom stereocenters. The molecule has 0 saturated heterocycles. The van der Waals surface area contributed by atoms with E-state index in [1.54, 1.807) is 48.5 Å². The van der Waals surface area contributed by atoms with Crippen LogP contribution < -0.4 is 19.1 Å². The predicted molar refractivity (Wildman–Crippen MR) is 189 cm³/mol. The van der Waals surface area contributed by atoms with Gasteiger partial charge < -0.3 is 19.7 Å². The molecule has 0 saturated carbocycles. The standard InChI is InChI=1S/C37H42ClN3O6S/c1-26(2)23-39-37(43)33(21-28-9-7-6-8-10-28)40(24-29-13-15-30(38)16-14-29)36(42)25-41(31-17-11-27(3)12-18-31)48(44,45)32-19-20-34(46-4)35(22-32)47-5/h6-20,22,26,33H,21,23-25H2,1-5H3,(H,39,43). The Morgan fingerprint density at radius 3 is 2.08 bits per heavy atom. The number of nitrogens with one attached hydrogen (secondary N) is 1. The van der Waals surface area contributed by atoms with E-state index in [4.69, 9.17) is 21.1 Å². The molecular weight excluding hydrogens is 650 g/mol. The Morgan fingerprint density at radius 1 is 0.833 bits per heavy atom. The minimum absolute atomic E-state index is 0.0424. The fourth-order valence-corrected chi connectivity index (χ4v) is 6.66. The fourth-order valence-electron chi connectivity index (χ4n) is 5.11. The monoisotopic (exact) mass is 691 g/mol. The van der Waals surface area contributed by atoms with Crippen molar-refractivity contribution in [2.75, 3.05) is 31.6 Å². The molecule has 1 N–H and O–H groups in total. The maximum Gasteiger partial charge on any atom is 0.264 e. The van der Waals surface area contributed by atoms with Crippen LogP contribution in [0.25, 0.3) is 0 Å². The molecule has 254 valence electrons. The van der Waals surface area contributed by atoms with Gasteiger partial charge in [-0.3, -0.25) is 13.9 Å². The molecule has 1 unspecified atom stereocenters. The van der Waals surface area contributed by atoms with Crippen molar-refractivity contribution in [1.82, 2.24) is 10.2 Å². The smallest absolute Gasteiger partial charge is 0.264 e. The lowest BCUT2D eigenvalue weighted by Gasteiger charge is -2.34. The average Bonchev–Trinajstić information content (AvgIpc) is 3.08. The van der Waals surface area contributed by atoms with E-state index in [1.807, 2.05) is 51.1 Å². The van der Waals surface area contributed by atoms with Gasteiger partial charge in [0.05, 0.1) is 24.8 Å². The second kappa shape index (κ2) is 16.5. The third kappa shape index (κ3) is 9.29. The van der Waals surface area contributed by atoms with Gasteiger partial charge in [-0.1, -0.05) is 85.6 Å². The third-order valence-corrected chi connectivity index (χ3v) is 9.79. The fraction of sp³-hybridized carbons (Fsp3) is 0.297. The SMILES string of the molecule is COc1ccc(S(=O)(=O)N(CC(=O)N(Cc2ccc(Cl)cc2)C(Cc2ccccc2)C(=O)NCC(C)C)c2ccc(C)cc2)cc1OC. The Hall–Kier alpha value is -4.54. The molecule has 0 aliphatic carbocycles. The average molecular weight is 692 g/mol. The zero-order chi connectivity index (χ0) is 34.8. The summed E-state index contributed by atoms with van der Waals surface area (Å²) in [5, 5.41) is 3.52. The minimum atomic E-state index is -4.33. The zero-order valence-electron chi connectivity index (χ0n) is 27.9. The second-order valence-corrected chi connectivity index (χ2v) is 14.2. The molecule has 11 heteroatoms. The molecule has 4 aromatic rings. The lowest BCUT2D eigenvalue weighted by molar-refractivity contribution is -0.140. The quantitative estimate of drug-likeness (QED) is 0.158. The predicted octanol–water partition coefficient (Wildman–Crippen LogP) is 6.27. The van der Waals surface area contributed by atoms with Gasteiger partial charge in [0, 0.05) is 30.6 Å². The number of ether oxygens (including phenoxy) is 2. The Bertz CT molecular complexity index is 1780. The number of carbonyl (C=O) groups excluding carboxylic acids is 2. The number of anilines is 1. The molecule has 48 heavy (non-hydrogen) atoms. The molecular formula is C37H42ClN3O6S. The van der Waals surface area contributed by atoms with E-state index in [9.17, 15) is 18.0 Å². The van der Waals surface area contributed by atoms with E-state index in [0.717, 1.165) is 21.0 Å². The highest BCUT2D eigenvalue weighted by Gasteiger charge is 2.35. The Labute approximate surface area is 288 Å². The highest BCUT2D eigenvalue weighted by Crippen LogP contribution is 2.32. The molecule has 4 rings (SSSR count). The van der Waals surface area contributed by atoms with Gasteiger partial charge in [0.1, 0.15) is 12.6 Å². The first-order valence-electron chi connectivity index (χ1n) is 15.6. The maximum absolute atomic E-state index is 14.6. The van der Waals surface area contributed by atoms with Crippen LogP contribution in [0.5, 0.6) is 11.5 Å². The van der Waals surface area contributed by atoms with E-state index < -0.39 is 28.5 Å². The van der Waals surface area contributed by atoms with Crippen molar-refractivity contribution < 1.29 is 27.5 Å². The molecule has 0 bridgehead atoms. The molecule has 0 spiro atoms. The van der Waals surface area contributed by atoms with Gasteiger partial charge in [-0.2, -0.15) is 0 Å². The van der Waals surface area contributed by atoms with E-state index in [1.165, 1.54) is 37.3 Å². The summed E-state index contributed by atoms with van der Waals surface area (Å²) in [5.41, 5.74) is 2.79. The van der Waals surface area contributed by atoms with Gasteiger partial charge in [-0.15, -0.1) is 0 Å². The summed E-state index contributed by atoms with van der Waals surface area (Å²) in [5.74, 6) is -0.132. The number of amides is 2. The van der Waals surface area contributed by atoms with Crippen LogP contribution in [-0.2, 0) is 32.6 Å². The number of halogens is 1. The second-order valence-electron chi connectivity index (χ2n) is 11.9. The topological polar surface area (TPSA) is 105 Å². The van der Waals surface area contributed by atoms with Crippen LogP contribution in [0.15, 0.2) is 102 Å². The normalized spacial score (nSPS) is 11.9. The van der Waals surface area contributed by atoms with Crippen LogP contribution in [-0.4, -0.2) is 58.5 Å². The summed E-state index contributed by atoms with van der Waals surface area (Å²) in [6.45, 7) is 5.75. The number of carbonyl (C=O) groups is 2. The van der Waals surface area contributed by atoms with E-state index in [-0.39, 0.29) is 35.4 Å². The summed E-state index contributed by atoms with van der Waals surface area (Å²) < 4.78 is 40.5. The summed E-state index contributed by atoms with van der Waals surface area (Å²) >= 11 is 6.16. The molecule has 4 aromatic carbocycles. The summed E-state index contributed by atoms with van der Waals surface area (Å²) in [7, 11) is -1.45. The molecule has 0 aliphatic rings. The van der Waals surface area contributed by atoms with Gasteiger partial charge in [0.2, 0.25) is 11.8 Å². The number of benzene rings is 4. The van der Waals surface area contributed by atoms with Crippen LogP contribution in [0.3, 0.4) is 0 Å². The van der Waals surface area contributed by atoms with Gasteiger partial charge >= 0.3 is 0 Å². The molecule has 0 radical (unpaired) electrons. The van der Waals surface area contributed by atoms with Crippen molar-refractivity contribution in [3.8, 4) is 11.5 Å². The van der Waals surface area contributed by atoms with Crippen LogP contribution in [0.4, 0.5) is 5.69 Å². The number of sulfonamides is 1. The molecule has 0 fully saturated rings. The Kier molecular flexibility index (Phi) is 12.5. The summed E-state index contributed by atoms with van der Waals surface area (Å²) in [6, 6.07) is 26.6. The van der Waals surface area contributed by atoms with Crippen molar-refractivity contribution in [3.05, 3.63) is 119 Å². The number of nitrogens with zero attached hydrogens (tertiary/aromatic N) is 2. The number of hydrogen-bond acceptors (Lipinski definition) is 6. The molecule has 0 heterocycles. The zero-order valence-corrected chi connectivity index (χ0v) is 29.4. The number of rotatable bonds is 15. The van der Waals surface area contributed by atoms with E-state index >= 15 is 0 Å². The van der Waals surface area contributed by atoms with E-state index in [2.05, 4.69) is 5.32 Å². The molecule has 2 amide bonds. The Morgan fingerprint density at radius 2 is 1.48 bits per heavy atom. The number of methoxy groups -OCH3 is 2. The first-order valence-corrected chi connectivity index (χ1v) is 17.4. The summed E-state index contributed by atoms with van der Waals surface area (Å²) in [6.07, 6.45) is 0.219. The van der Waals surface area contributed by atoms with Crippen molar-refractivity contribution in [2.24, 2.45) is 5.92 Å². The maximum atomic E-state index is 14.6. The van der Waals surface area contributed by atoms with Gasteiger partial charge in [0.25, 0.3) is 10.0 Å². The van der Waals surface area contributed by atoms with Crippen molar-refractivity contribution in [2.45, 2.75) is 44.7 Å². The first kappa shape index (κ1) is 36.3. The van der Waals surface area contributed by atoms with Gasteiger partial charge in [-0.25, -0.2) is 8.42 Å². The van der Waals surface area contributed by atoms with Gasteiger partial charge in [-0.05, 0) is 60.4 Å². The van der Waals surface area contributed by atoms with Crippen molar-refractivity contribution in [3.63, 3.8) is 0 Å². The summed E-state index contributed by atoms with van der Waals surface area (Å²) in [4.78, 5) is 29.9. The number of aryl methyl sites for hydroxylation is 1. The minimum Gasteiger partial charge on any atom is -0.493 e. The largest absolute Gasteiger partial charge is 0.493 e. The van der Waals surface area contributed by atoms with Crippen molar-refractivity contribution >= 4 is 39.1 Å². The van der Waals surface area contributed by atoms with Crippen LogP contribution in [0.2, 0.25) is 5.02 Å². The highest BCUT2D eigenvalue weighted by atomic mass is 35.5. The third-order valence-electron chi connectivity index (χ3n) is 7.77. The van der Waals surface area contributed by atoms with Crippen molar-refractivity contribution in [1.29, 1.82) is 0 Å². The first-order chi connectivity index (χ1) is 22.9. The molecule has 9 nitrogen and oxygen atoms in total. The van der Waals surface area contributed by atoms with Gasteiger partial charge in [0.15, 0.2) is 11.5 Å². The lowest BCUT2D eigenvalue weighted by Crippen LogP contribution is -2.53. The molecule has 0 aromatic heterocycles. The van der Waals surface area contributed by atoms with Crippen LogP contribution >= 0.6 is 11.6 Å².